The average Bonchev–Trinajstić information content (AvgIpc) is 2.82. The summed E-state index contributed by atoms with van der Waals surface area (Å²) >= 11 is 0. The van der Waals surface area contributed by atoms with Gasteiger partial charge in [-0.15, -0.1) is 0 Å². The van der Waals surface area contributed by atoms with Gasteiger partial charge in [0.2, 0.25) is 11.8 Å². The quantitative estimate of drug-likeness (QED) is 0.469. The number of anilines is 1. The molecule has 0 atom stereocenters. The van der Waals surface area contributed by atoms with Gasteiger partial charge in [-0.25, -0.2) is 9.97 Å². The van der Waals surface area contributed by atoms with Crippen molar-refractivity contribution in [1.82, 2.24) is 9.97 Å². The molecule has 0 radical (unpaired) electrons. The molecule has 0 aliphatic rings. The van der Waals surface area contributed by atoms with Crippen LogP contribution in [-0.4, -0.2) is 17.0 Å². The smallest absolute Gasteiger partial charge is 0.242 e. The second-order valence-electron chi connectivity index (χ2n) is 5.90. The topological polar surface area (TPSA) is 80.1 Å². The number of nitrogens with one attached hydrogen (secondary N) is 1. The molecule has 6 heteroatoms. The Labute approximate surface area is 175 Å². The molecule has 30 heavy (non-hydrogen) atoms. The van der Waals surface area contributed by atoms with Crippen LogP contribution in [0.1, 0.15) is 5.56 Å². The van der Waals surface area contributed by atoms with Crippen molar-refractivity contribution < 1.29 is 9.47 Å². The molecule has 2 aromatic carbocycles. The second-order valence-corrected chi connectivity index (χ2v) is 5.90. The number of nitriles is 1. The molecule has 6 nitrogen and oxygen atoms in total. The molecule has 0 amide bonds. The number of benzene rings is 2. The van der Waals surface area contributed by atoms with E-state index in [0.717, 1.165) is 11.4 Å². The Bertz CT molecular complexity index is 1100. The van der Waals surface area contributed by atoms with Crippen LogP contribution in [0.2, 0.25) is 0 Å². The minimum absolute atomic E-state index is 0.339. The molecule has 4 rings (SSSR count). The summed E-state index contributed by atoms with van der Waals surface area (Å²) in [6.07, 6.45) is 3.30. The number of para-hydroxylation sites is 2. The average molecular weight is 396 g/mol. The highest BCUT2D eigenvalue weighted by atomic mass is 16.5. The number of nitrogens with zero attached hydrogens (tertiary/aromatic N) is 3. The fraction of sp³-hybridized carbons (Fsp3) is 0.0417. The first kappa shape index (κ1) is 20.4. The summed E-state index contributed by atoms with van der Waals surface area (Å²) in [6, 6.07) is 28.1. The van der Waals surface area contributed by atoms with Gasteiger partial charge in [0.05, 0.1) is 5.69 Å². The van der Waals surface area contributed by atoms with Gasteiger partial charge in [0, 0.05) is 19.4 Å². The maximum Gasteiger partial charge on any atom is 0.242 e. The van der Waals surface area contributed by atoms with Gasteiger partial charge in [0.25, 0.3) is 0 Å². The van der Waals surface area contributed by atoms with Gasteiger partial charge in [-0.05, 0) is 48.5 Å². The number of aromatic nitrogens is 2. The van der Waals surface area contributed by atoms with Crippen molar-refractivity contribution in [2.24, 2.45) is 0 Å². The van der Waals surface area contributed by atoms with E-state index in [1.165, 1.54) is 0 Å². The molecule has 2 heterocycles. The third-order valence-electron chi connectivity index (χ3n) is 3.85. The molecule has 2 aromatic heterocycles. The van der Waals surface area contributed by atoms with Crippen LogP contribution in [0.4, 0.5) is 5.69 Å². The highest BCUT2D eigenvalue weighted by Gasteiger charge is 2.04. The summed E-state index contributed by atoms with van der Waals surface area (Å²) in [6.45, 7) is 0. The lowest BCUT2D eigenvalue weighted by atomic mass is 10.3. The van der Waals surface area contributed by atoms with Crippen molar-refractivity contribution >= 4 is 5.69 Å². The fourth-order valence-electron chi connectivity index (χ4n) is 2.42. The minimum Gasteiger partial charge on any atom is -0.438 e. The van der Waals surface area contributed by atoms with Crippen molar-refractivity contribution in [3.63, 3.8) is 0 Å². The highest BCUT2D eigenvalue weighted by molar-refractivity contribution is 5.52. The maximum absolute atomic E-state index is 8.83. The van der Waals surface area contributed by atoms with Crippen LogP contribution in [0.25, 0.3) is 0 Å². The molecular formula is C24H20N4O2. The van der Waals surface area contributed by atoms with Crippen LogP contribution in [0.3, 0.4) is 0 Å². The third-order valence-corrected chi connectivity index (χ3v) is 3.85. The number of hydrogen-bond acceptors (Lipinski definition) is 6. The molecule has 0 saturated heterocycles. The Hall–Kier alpha value is -4.37. The Balaban J connectivity index is 0.000000171. The van der Waals surface area contributed by atoms with Crippen molar-refractivity contribution in [1.29, 1.82) is 5.26 Å². The summed E-state index contributed by atoms with van der Waals surface area (Å²) in [5.41, 5.74) is 1.31. The zero-order valence-electron chi connectivity index (χ0n) is 16.4. The zero-order valence-corrected chi connectivity index (χ0v) is 16.4. The Morgan fingerprint density at radius 1 is 0.700 bits per heavy atom. The van der Waals surface area contributed by atoms with Gasteiger partial charge < -0.3 is 14.8 Å². The van der Waals surface area contributed by atoms with E-state index in [-0.39, 0.29) is 0 Å². The molecule has 0 spiro atoms. The van der Waals surface area contributed by atoms with E-state index in [2.05, 4.69) is 15.3 Å². The first-order valence-electron chi connectivity index (χ1n) is 9.24. The molecule has 148 valence electrons. The summed E-state index contributed by atoms with van der Waals surface area (Å²) in [5.74, 6) is 2.39. The second kappa shape index (κ2) is 10.8. The molecule has 0 aliphatic heterocycles. The zero-order chi connectivity index (χ0) is 21.0. The standard InChI is InChI=1S/C12H12N2O.C12H8N2O/c1-13-11-8-5-9-14-12(11)15-10-6-3-2-4-7-10;13-9-10-5-4-8-14-12(10)15-11-6-2-1-3-7-11/h2-9,13H,1H3;1-8H. The van der Waals surface area contributed by atoms with Crippen LogP contribution in [-0.2, 0) is 0 Å². The molecule has 4 aromatic rings. The van der Waals surface area contributed by atoms with E-state index >= 15 is 0 Å². The van der Waals surface area contributed by atoms with E-state index in [0.29, 0.717) is 23.1 Å². The van der Waals surface area contributed by atoms with Crippen molar-refractivity contribution in [2.75, 3.05) is 12.4 Å². The molecular weight excluding hydrogens is 376 g/mol. The predicted molar refractivity (Wildman–Crippen MR) is 116 cm³/mol. The van der Waals surface area contributed by atoms with Gasteiger partial charge >= 0.3 is 0 Å². The van der Waals surface area contributed by atoms with Crippen LogP contribution >= 0.6 is 0 Å². The molecule has 0 fully saturated rings. The van der Waals surface area contributed by atoms with Gasteiger partial charge in [-0.1, -0.05) is 36.4 Å². The lowest BCUT2D eigenvalue weighted by Crippen LogP contribution is -1.94. The number of ether oxygens (including phenoxy) is 2. The van der Waals surface area contributed by atoms with Crippen molar-refractivity contribution in [2.45, 2.75) is 0 Å². The summed E-state index contributed by atoms with van der Waals surface area (Å²) in [4.78, 5) is 8.16. The fourth-order valence-corrected chi connectivity index (χ4v) is 2.42. The van der Waals surface area contributed by atoms with Gasteiger partial charge in [0.1, 0.15) is 23.1 Å². The van der Waals surface area contributed by atoms with Crippen LogP contribution in [0.5, 0.6) is 23.3 Å². The molecule has 0 unspecified atom stereocenters. The van der Waals surface area contributed by atoms with E-state index < -0.39 is 0 Å². The highest BCUT2D eigenvalue weighted by Crippen LogP contribution is 2.25. The predicted octanol–water partition coefficient (Wildman–Crippen LogP) is 5.66. The van der Waals surface area contributed by atoms with Crippen LogP contribution < -0.4 is 14.8 Å². The minimum atomic E-state index is 0.339. The normalized spacial score (nSPS) is 9.47. The lowest BCUT2D eigenvalue weighted by Gasteiger charge is -2.08. The molecule has 0 bridgehead atoms. The molecule has 0 saturated carbocycles. The number of pyridine rings is 2. The monoisotopic (exact) mass is 396 g/mol. The third kappa shape index (κ3) is 5.81. The Morgan fingerprint density at radius 3 is 1.80 bits per heavy atom. The van der Waals surface area contributed by atoms with E-state index in [9.17, 15) is 0 Å². The van der Waals surface area contributed by atoms with Gasteiger partial charge in [0.15, 0.2) is 0 Å². The number of hydrogen-bond donors (Lipinski definition) is 1. The summed E-state index contributed by atoms with van der Waals surface area (Å²) < 4.78 is 11.1. The van der Waals surface area contributed by atoms with E-state index in [1.807, 2.05) is 85.9 Å². The summed E-state index contributed by atoms with van der Waals surface area (Å²) in [5, 5.41) is 11.9. The Morgan fingerprint density at radius 2 is 1.23 bits per heavy atom. The SMILES string of the molecule is CNc1cccnc1Oc1ccccc1.N#Cc1cccnc1Oc1ccccc1. The summed E-state index contributed by atoms with van der Waals surface area (Å²) in [7, 11) is 1.84. The maximum atomic E-state index is 8.83. The molecule has 1 N–H and O–H groups in total. The Kier molecular flexibility index (Phi) is 7.35. The first-order chi connectivity index (χ1) is 14.8. The lowest BCUT2D eigenvalue weighted by molar-refractivity contribution is 0.461. The van der Waals surface area contributed by atoms with Gasteiger partial charge in [-0.2, -0.15) is 5.26 Å². The first-order valence-corrected chi connectivity index (χ1v) is 9.24. The van der Waals surface area contributed by atoms with Crippen molar-refractivity contribution in [3.8, 4) is 29.3 Å². The van der Waals surface area contributed by atoms with Crippen LogP contribution in [0, 0.1) is 11.3 Å². The largest absolute Gasteiger partial charge is 0.438 e. The molecule has 0 aliphatic carbocycles. The van der Waals surface area contributed by atoms with E-state index in [4.69, 9.17) is 14.7 Å². The van der Waals surface area contributed by atoms with Crippen LogP contribution in [0.15, 0.2) is 97.3 Å². The van der Waals surface area contributed by atoms with Gasteiger partial charge in [-0.3, -0.25) is 0 Å². The number of rotatable bonds is 5. The van der Waals surface area contributed by atoms with E-state index in [1.54, 1.807) is 24.5 Å². The van der Waals surface area contributed by atoms with Crippen molar-refractivity contribution in [3.05, 3.63) is 103 Å².